The first-order valence-corrected chi connectivity index (χ1v) is 8.58. The molecule has 1 amide bonds. The summed E-state index contributed by atoms with van der Waals surface area (Å²) in [5, 5.41) is 12.4. The highest BCUT2D eigenvalue weighted by atomic mass is 16.4. The van der Waals surface area contributed by atoms with Crippen LogP contribution >= 0.6 is 0 Å². The lowest BCUT2D eigenvalue weighted by molar-refractivity contribution is -0.144. The van der Waals surface area contributed by atoms with E-state index in [1.807, 2.05) is 0 Å². The van der Waals surface area contributed by atoms with E-state index in [1.54, 1.807) is 0 Å². The minimum atomic E-state index is -0.766. The summed E-state index contributed by atoms with van der Waals surface area (Å²) >= 11 is 0. The first-order valence-electron chi connectivity index (χ1n) is 8.58. The van der Waals surface area contributed by atoms with Gasteiger partial charge in [0.05, 0.1) is 12.0 Å². The van der Waals surface area contributed by atoms with Crippen molar-refractivity contribution in [2.24, 2.45) is 17.8 Å². The fourth-order valence-electron chi connectivity index (χ4n) is 4.10. The second-order valence-corrected chi connectivity index (χ2v) is 7.27. The van der Waals surface area contributed by atoms with Gasteiger partial charge in [0.15, 0.2) is 0 Å². The molecule has 1 aromatic carbocycles. The maximum absolute atomic E-state index is 12.7. The highest BCUT2D eigenvalue weighted by Gasteiger charge is 2.35. The Labute approximate surface area is 137 Å². The van der Waals surface area contributed by atoms with E-state index in [0.29, 0.717) is 18.8 Å². The van der Waals surface area contributed by atoms with Gasteiger partial charge in [-0.1, -0.05) is 37.1 Å². The molecule has 2 aliphatic rings. The molecule has 2 N–H and O–H groups in total. The molecule has 0 saturated heterocycles. The third kappa shape index (κ3) is 3.26. The van der Waals surface area contributed by atoms with Crippen LogP contribution in [0.15, 0.2) is 18.2 Å². The molecule has 0 heterocycles. The fourth-order valence-corrected chi connectivity index (χ4v) is 4.10. The Kier molecular flexibility index (Phi) is 4.42. The van der Waals surface area contributed by atoms with Gasteiger partial charge in [0.1, 0.15) is 0 Å². The number of hydrogen-bond donors (Lipinski definition) is 2. The first kappa shape index (κ1) is 16.0. The molecule has 0 radical (unpaired) electrons. The number of carboxylic acid groups (broad SMARTS) is 1. The number of amides is 1. The molecule has 4 unspecified atom stereocenters. The number of benzene rings is 1. The van der Waals surface area contributed by atoms with Gasteiger partial charge in [0.2, 0.25) is 5.91 Å². The first-order chi connectivity index (χ1) is 11.0. The molecule has 4 nitrogen and oxygen atoms in total. The summed E-state index contributed by atoms with van der Waals surface area (Å²) in [5.41, 5.74) is 3.76. The molecule has 4 atom stereocenters. The summed E-state index contributed by atoms with van der Waals surface area (Å²) in [6.45, 7) is 4.24. The highest BCUT2D eigenvalue weighted by Crippen LogP contribution is 2.37. The second kappa shape index (κ2) is 6.34. The van der Waals surface area contributed by atoms with Crippen molar-refractivity contribution in [2.45, 2.75) is 52.0 Å². The highest BCUT2D eigenvalue weighted by molar-refractivity contribution is 5.80. The molecule has 2 aliphatic carbocycles. The zero-order valence-electron chi connectivity index (χ0n) is 13.8. The smallest absolute Gasteiger partial charge is 0.306 e. The largest absolute Gasteiger partial charge is 0.481 e. The van der Waals surface area contributed by atoms with Gasteiger partial charge >= 0.3 is 5.97 Å². The molecule has 4 heteroatoms. The van der Waals surface area contributed by atoms with Crippen molar-refractivity contribution in [3.63, 3.8) is 0 Å². The Morgan fingerprint density at radius 2 is 1.96 bits per heavy atom. The zero-order valence-corrected chi connectivity index (χ0v) is 13.8. The molecule has 124 valence electrons. The van der Waals surface area contributed by atoms with Gasteiger partial charge in [0.25, 0.3) is 0 Å². The van der Waals surface area contributed by atoms with Crippen molar-refractivity contribution >= 4 is 11.9 Å². The zero-order chi connectivity index (χ0) is 16.6. The van der Waals surface area contributed by atoms with Gasteiger partial charge in [0, 0.05) is 5.92 Å². The fraction of sp³-hybridized carbons (Fsp3) is 0.579. The topological polar surface area (TPSA) is 66.4 Å². The quantitative estimate of drug-likeness (QED) is 0.900. The Balaban J connectivity index is 1.71. The van der Waals surface area contributed by atoms with E-state index in [-0.39, 0.29) is 23.8 Å². The number of aryl methyl sites for hydroxylation is 1. The Morgan fingerprint density at radius 1 is 1.22 bits per heavy atom. The van der Waals surface area contributed by atoms with Crippen LogP contribution < -0.4 is 5.32 Å². The van der Waals surface area contributed by atoms with Crippen LogP contribution in [0, 0.1) is 24.7 Å². The third-order valence-corrected chi connectivity index (χ3v) is 5.44. The van der Waals surface area contributed by atoms with Crippen molar-refractivity contribution in [1.82, 2.24) is 5.32 Å². The molecule has 1 aromatic rings. The minimum Gasteiger partial charge on any atom is -0.481 e. The molecule has 3 rings (SSSR count). The Bertz CT molecular complexity index is 625. The number of carbonyl (C=O) groups is 2. The van der Waals surface area contributed by atoms with Crippen molar-refractivity contribution in [1.29, 1.82) is 0 Å². The average molecular weight is 315 g/mol. The molecule has 0 aromatic heterocycles. The van der Waals surface area contributed by atoms with E-state index >= 15 is 0 Å². The lowest BCUT2D eigenvalue weighted by Crippen LogP contribution is -2.38. The van der Waals surface area contributed by atoms with Crippen LogP contribution in [-0.2, 0) is 16.0 Å². The molecule has 0 bridgehead atoms. The Hall–Kier alpha value is -1.84. The van der Waals surface area contributed by atoms with Crippen LogP contribution in [0.5, 0.6) is 0 Å². The molecule has 1 saturated carbocycles. The SMILES string of the molecule is Cc1ccc2c(c1)C(NC(=O)C1CCCC(C(=O)O)C1)C(C)C2. The number of carboxylic acids is 1. The van der Waals surface area contributed by atoms with Gasteiger partial charge in [-0.2, -0.15) is 0 Å². The van der Waals surface area contributed by atoms with Gasteiger partial charge in [-0.05, 0) is 49.7 Å². The van der Waals surface area contributed by atoms with Gasteiger partial charge < -0.3 is 10.4 Å². The molecular weight excluding hydrogens is 290 g/mol. The average Bonchev–Trinajstić information content (AvgIpc) is 2.83. The van der Waals surface area contributed by atoms with Crippen molar-refractivity contribution in [3.8, 4) is 0 Å². The van der Waals surface area contributed by atoms with Crippen LogP contribution in [0.2, 0.25) is 0 Å². The van der Waals surface area contributed by atoms with Crippen molar-refractivity contribution in [3.05, 3.63) is 34.9 Å². The number of fused-ring (bicyclic) bond motifs is 1. The van der Waals surface area contributed by atoms with Gasteiger partial charge in [-0.15, -0.1) is 0 Å². The summed E-state index contributed by atoms with van der Waals surface area (Å²) < 4.78 is 0. The monoisotopic (exact) mass is 315 g/mol. The normalized spacial score (nSPS) is 29.8. The predicted molar refractivity (Wildman–Crippen MR) is 88.0 cm³/mol. The van der Waals surface area contributed by atoms with Gasteiger partial charge in [-0.25, -0.2) is 0 Å². The summed E-state index contributed by atoms with van der Waals surface area (Å²) in [6, 6.07) is 6.51. The standard InChI is InChI=1S/C19H25NO3/c1-11-6-7-13-9-12(2)17(16(13)8-11)20-18(21)14-4-3-5-15(10-14)19(22)23/h6-8,12,14-15,17H,3-5,9-10H2,1-2H3,(H,20,21)(H,22,23). The lowest BCUT2D eigenvalue weighted by Gasteiger charge is -2.28. The van der Waals surface area contributed by atoms with E-state index in [9.17, 15) is 14.7 Å². The van der Waals surface area contributed by atoms with E-state index in [0.717, 1.165) is 19.3 Å². The van der Waals surface area contributed by atoms with Crippen LogP contribution in [0.1, 0.15) is 55.3 Å². The summed E-state index contributed by atoms with van der Waals surface area (Å²) in [5.74, 6) is -0.879. The van der Waals surface area contributed by atoms with E-state index in [2.05, 4.69) is 37.4 Å². The van der Waals surface area contributed by atoms with Gasteiger partial charge in [-0.3, -0.25) is 9.59 Å². The van der Waals surface area contributed by atoms with E-state index in [1.165, 1.54) is 16.7 Å². The molecular formula is C19H25NO3. The Morgan fingerprint density at radius 3 is 2.70 bits per heavy atom. The number of aliphatic carboxylic acids is 1. The van der Waals surface area contributed by atoms with Crippen LogP contribution in [0.3, 0.4) is 0 Å². The number of rotatable bonds is 3. The predicted octanol–water partition coefficient (Wildman–Crippen LogP) is 3.24. The van der Waals surface area contributed by atoms with E-state index in [4.69, 9.17) is 0 Å². The van der Waals surface area contributed by atoms with Crippen LogP contribution in [0.4, 0.5) is 0 Å². The van der Waals surface area contributed by atoms with Crippen molar-refractivity contribution in [2.75, 3.05) is 0 Å². The third-order valence-electron chi connectivity index (χ3n) is 5.44. The lowest BCUT2D eigenvalue weighted by atomic mass is 9.80. The molecule has 0 spiro atoms. The van der Waals surface area contributed by atoms with E-state index < -0.39 is 5.97 Å². The van der Waals surface area contributed by atoms with Crippen LogP contribution in [0.25, 0.3) is 0 Å². The number of hydrogen-bond acceptors (Lipinski definition) is 2. The van der Waals surface area contributed by atoms with Crippen molar-refractivity contribution < 1.29 is 14.7 Å². The summed E-state index contributed by atoms with van der Waals surface area (Å²) in [6.07, 6.45) is 3.79. The van der Waals surface area contributed by atoms with Crippen LogP contribution in [-0.4, -0.2) is 17.0 Å². The molecule has 0 aliphatic heterocycles. The molecule has 1 fully saturated rings. The number of nitrogens with one attached hydrogen (secondary N) is 1. The maximum Gasteiger partial charge on any atom is 0.306 e. The molecule has 23 heavy (non-hydrogen) atoms. The number of carbonyl (C=O) groups excluding carboxylic acids is 1. The second-order valence-electron chi connectivity index (χ2n) is 7.27. The minimum absolute atomic E-state index is 0.0298. The summed E-state index contributed by atoms with van der Waals surface area (Å²) in [7, 11) is 0. The maximum atomic E-state index is 12.7. The summed E-state index contributed by atoms with van der Waals surface area (Å²) in [4.78, 5) is 23.8.